The number of nitrogens with two attached hydrogens (primary N) is 1. The zero-order chi connectivity index (χ0) is 26.8. The van der Waals surface area contributed by atoms with Crippen molar-refractivity contribution in [2.24, 2.45) is 5.92 Å². The number of piperidine rings is 1. The number of anilines is 1. The fraction of sp³-hybridized carbons (Fsp3) is 0.276. The third-order valence-electron chi connectivity index (χ3n) is 7.99. The lowest BCUT2D eigenvalue weighted by atomic mass is 10.0. The highest BCUT2D eigenvalue weighted by Crippen LogP contribution is 2.48. The van der Waals surface area contributed by atoms with Crippen LogP contribution in [0.4, 0.5) is 5.82 Å². The van der Waals surface area contributed by atoms with Gasteiger partial charge in [-0.2, -0.15) is 0 Å². The van der Waals surface area contributed by atoms with Crippen LogP contribution >= 0.6 is 15.9 Å². The van der Waals surface area contributed by atoms with Crippen LogP contribution in [0.2, 0.25) is 0 Å². The lowest BCUT2D eigenvalue weighted by molar-refractivity contribution is -0.139. The van der Waals surface area contributed by atoms with Crippen molar-refractivity contribution in [1.29, 1.82) is 0 Å². The predicted octanol–water partition coefficient (Wildman–Crippen LogP) is 4.69. The summed E-state index contributed by atoms with van der Waals surface area (Å²) in [5.74, 6) is 0.678. The smallest absolute Gasteiger partial charge is 0.243 e. The Hall–Kier alpha value is -4.05. The molecule has 9 nitrogen and oxygen atoms in total. The highest BCUT2D eigenvalue weighted by atomic mass is 79.9. The average molecular weight is 585 g/mol. The molecule has 1 aliphatic carbocycles. The van der Waals surface area contributed by atoms with Gasteiger partial charge in [-0.3, -0.25) is 9.59 Å². The van der Waals surface area contributed by atoms with E-state index in [1.807, 2.05) is 46.7 Å². The Morgan fingerprint density at radius 1 is 1.15 bits per heavy atom. The average Bonchev–Trinajstić information content (AvgIpc) is 3.25. The van der Waals surface area contributed by atoms with Crippen molar-refractivity contribution in [3.8, 4) is 11.1 Å². The molecule has 1 saturated heterocycles. The van der Waals surface area contributed by atoms with E-state index < -0.39 is 6.04 Å². The molecule has 2 fully saturated rings. The number of ketones is 1. The fourth-order valence-corrected chi connectivity index (χ4v) is 6.58. The number of pyridine rings is 1. The van der Waals surface area contributed by atoms with E-state index in [9.17, 15) is 9.59 Å². The SMILES string of the molecule is Cc1cc(-c2ccoc2)cc2c3c(N)ncnc3n(CC(=O)N3[C@@H]4C[C@@H]4C[C@H]3C(=O)Cc3cccc(Br)n3)c12. The second-order valence-corrected chi connectivity index (χ2v) is 11.3. The highest BCUT2D eigenvalue weighted by Gasteiger charge is 2.55. The minimum absolute atomic E-state index is 0.0240. The number of rotatable bonds is 6. The molecule has 1 amide bonds. The number of aryl methyl sites for hydroxylation is 1. The molecule has 1 aliphatic heterocycles. The van der Waals surface area contributed by atoms with Crippen molar-refractivity contribution in [3.63, 3.8) is 0 Å². The molecule has 1 saturated carbocycles. The molecule has 7 rings (SSSR count). The molecule has 2 N–H and O–H groups in total. The minimum Gasteiger partial charge on any atom is -0.472 e. The zero-order valence-electron chi connectivity index (χ0n) is 21.2. The van der Waals surface area contributed by atoms with E-state index in [-0.39, 0.29) is 30.7 Å². The summed E-state index contributed by atoms with van der Waals surface area (Å²) in [5.41, 5.74) is 11.4. The largest absolute Gasteiger partial charge is 0.472 e. The molecular formula is C29H25BrN6O3. The summed E-state index contributed by atoms with van der Waals surface area (Å²) in [4.78, 5) is 42.3. The number of aromatic nitrogens is 4. The number of Topliss-reactive ketones (excluding diaryl/α,β-unsaturated/α-hetero) is 1. The van der Waals surface area contributed by atoms with Crippen molar-refractivity contribution >= 4 is 55.4 Å². The quantitative estimate of drug-likeness (QED) is 0.287. The predicted molar refractivity (Wildman–Crippen MR) is 150 cm³/mol. The standard InChI is InChI=1S/C29H25BrN6O3/c1-15-7-17(16-5-6-39-13-16)8-20-26-28(31)32-14-33-29(26)35(27(15)20)12-25(38)36-21-9-18(21)10-22(36)23(37)11-19-3-2-4-24(30)34-19/h2-8,13-14,18,21-22H,9-12H2,1H3,(H2,31,32,33)/t18-,21-,22+/m1/s1. The topological polar surface area (TPSA) is 120 Å². The molecule has 2 aliphatic rings. The summed E-state index contributed by atoms with van der Waals surface area (Å²) in [5, 5.41) is 1.60. The van der Waals surface area contributed by atoms with E-state index in [1.54, 1.807) is 12.5 Å². The summed E-state index contributed by atoms with van der Waals surface area (Å²) in [7, 11) is 0. The van der Waals surface area contributed by atoms with Crippen molar-refractivity contribution in [2.75, 3.05) is 5.73 Å². The lowest BCUT2D eigenvalue weighted by Gasteiger charge is -2.27. The van der Waals surface area contributed by atoms with Crippen molar-refractivity contribution in [2.45, 2.75) is 44.8 Å². The monoisotopic (exact) mass is 584 g/mol. The maximum atomic E-state index is 14.0. The zero-order valence-corrected chi connectivity index (χ0v) is 22.8. The number of likely N-dealkylation sites (tertiary alicyclic amines) is 1. The van der Waals surface area contributed by atoms with E-state index in [2.05, 4.69) is 36.9 Å². The van der Waals surface area contributed by atoms with Crippen molar-refractivity contribution in [3.05, 3.63) is 71.1 Å². The van der Waals surface area contributed by atoms with Crippen LogP contribution in [0, 0.1) is 12.8 Å². The Kier molecular flexibility index (Phi) is 5.55. The number of nitrogens with zero attached hydrogens (tertiary/aromatic N) is 5. The van der Waals surface area contributed by atoms with Gasteiger partial charge < -0.3 is 19.6 Å². The van der Waals surface area contributed by atoms with Gasteiger partial charge in [0.1, 0.15) is 28.9 Å². The first kappa shape index (κ1) is 24.0. The Morgan fingerprint density at radius 3 is 2.82 bits per heavy atom. The van der Waals surface area contributed by atoms with Crippen molar-refractivity contribution < 1.29 is 14.0 Å². The number of fused-ring (bicyclic) bond motifs is 4. The summed E-state index contributed by atoms with van der Waals surface area (Å²) in [6, 6.07) is 11.2. The second kappa shape index (κ2) is 9.01. The van der Waals surface area contributed by atoms with Crippen LogP contribution in [0.1, 0.15) is 24.1 Å². The Bertz CT molecular complexity index is 1780. The number of carbonyl (C=O) groups excluding carboxylic acids is 2. The van der Waals surface area contributed by atoms with Crippen LogP contribution in [0.25, 0.3) is 33.1 Å². The van der Waals surface area contributed by atoms with Gasteiger partial charge in [0.2, 0.25) is 5.91 Å². The molecular weight excluding hydrogens is 560 g/mol. The molecule has 1 aromatic carbocycles. The third kappa shape index (κ3) is 4.01. The van der Waals surface area contributed by atoms with Gasteiger partial charge in [-0.25, -0.2) is 15.0 Å². The molecule has 10 heteroatoms. The first-order valence-electron chi connectivity index (χ1n) is 12.9. The van der Waals surface area contributed by atoms with Gasteiger partial charge in [0, 0.05) is 22.7 Å². The van der Waals surface area contributed by atoms with Gasteiger partial charge in [0.25, 0.3) is 0 Å². The molecule has 0 radical (unpaired) electrons. The number of furan rings is 1. The molecule has 5 heterocycles. The van der Waals surface area contributed by atoms with Crippen molar-refractivity contribution in [1.82, 2.24) is 24.4 Å². The maximum Gasteiger partial charge on any atom is 0.243 e. The van der Waals surface area contributed by atoms with E-state index >= 15 is 0 Å². The normalized spacial score (nSPS) is 20.1. The number of nitrogen functional groups attached to an aromatic ring is 1. The van der Waals surface area contributed by atoms with E-state index in [4.69, 9.17) is 10.2 Å². The van der Waals surface area contributed by atoms with Gasteiger partial charge in [-0.15, -0.1) is 0 Å². The molecule has 5 aromatic rings. The Balaban J connectivity index is 1.26. The fourth-order valence-electron chi connectivity index (χ4n) is 6.20. The van der Waals surface area contributed by atoms with Crippen LogP contribution in [-0.2, 0) is 22.6 Å². The minimum atomic E-state index is -0.441. The number of hydrogen-bond donors (Lipinski definition) is 1. The van der Waals surface area contributed by atoms with Gasteiger partial charge in [-0.05, 0) is 83.1 Å². The number of carbonyl (C=O) groups is 2. The third-order valence-corrected chi connectivity index (χ3v) is 8.43. The first-order valence-corrected chi connectivity index (χ1v) is 13.7. The van der Waals surface area contributed by atoms with E-state index in [1.165, 1.54) is 6.33 Å². The molecule has 3 atom stereocenters. The summed E-state index contributed by atoms with van der Waals surface area (Å²) in [6.07, 6.45) is 6.61. The van der Waals surface area contributed by atoms with Crippen LogP contribution in [0.15, 0.2) is 64.3 Å². The summed E-state index contributed by atoms with van der Waals surface area (Å²) >= 11 is 3.37. The Morgan fingerprint density at radius 2 is 2.03 bits per heavy atom. The van der Waals surface area contributed by atoms with Gasteiger partial charge in [-0.1, -0.05) is 6.07 Å². The molecule has 0 spiro atoms. The number of halogens is 1. The first-order chi connectivity index (χ1) is 18.9. The number of benzene rings is 1. The molecule has 0 bridgehead atoms. The highest BCUT2D eigenvalue weighted by molar-refractivity contribution is 9.10. The van der Waals surface area contributed by atoms with E-state index in [0.29, 0.717) is 39.5 Å². The molecule has 196 valence electrons. The maximum absolute atomic E-state index is 14.0. The van der Waals surface area contributed by atoms with Gasteiger partial charge in [0.05, 0.1) is 35.9 Å². The lowest BCUT2D eigenvalue weighted by Crippen LogP contribution is -2.45. The molecule has 0 unspecified atom stereocenters. The second-order valence-electron chi connectivity index (χ2n) is 10.5. The molecule has 4 aromatic heterocycles. The van der Waals surface area contributed by atoms with Crippen LogP contribution in [0.5, 0.6) is 0 Å². The van der Waals surface area contributed by atoms with Crippen LogP contribution in [0.3, 0.4) is 0 Å². The van der Waals surface area contributed by atoms with Crippen LogP contribution < -0.4 is 5.73 Å². The summed E-state index contributed by atoms with van der Waals surface area (Å²) in [6.45, 7) is 2.07. The molecule has 39 heavy (non-hydrogen) atoms. The van der Waals surface area contributed by atoms with Crippen LogP contribution in [-0.4, -0.2) is 48.2 Å². The van der Waals surface area contributed by atoms with E-state index in [0.717, 1.165) is 34.0 Å². The van der Waals surface area contributed by atoms with Gasteiger partial charge >= 0.3 is 0 Å². The number of amides is 1. The number of hydrogen-bond acceptors (Lipinski definition) is 7. The summed E-state index contributed by atoms with van der Waals surface area (Å²) < 4.78 is 7.91. The van der Waals surface area contributed by atoms with Gasteiger partial charge in [0.15, 0.2) is 5.78 Å². The Labute approximate surface area is 232 Å².